The highest BCUT2D eigenvalue weighted by molar-refractivity contribution is 5.04. The summed E-state index contributed by atoms with van der Waals surface area (Å²) in [6.45, 7) is 18.6. The molecule has 0 radical (unpaired) electrons. The van der Waals surface area contributed by atoms with Gasteiger partial charge in [-0.3, -0.25) is 0 Å². The summed E-state index contributed by atoms with van der Waals surface area (Å²) < 4.78 is 13.9. The lowest BCUT2D eigenvalue weighted by Gasteiger charge is -2.60. The third-order valence-electron chi connectivity index (χ3n) is 7.07. The summed E-state index contributed by atoms with van der Waals surface area (Å²) in [5.74, 6) is 2.96. The van der Waals surface area contributed by atoms with Crippen LogP contribution >= 0.6 is 0 Å². The van der Waals surface area contributed by atoms with Crippen molar-refractivity contribution in [2.45, 2.75) is 100 Å². The minimum atomic E-state index is -0.533. The van der Waals surface area contributed by atoms with Crippen molar-refractivity contribution in [1.29, 1.82) is 0 Å². The third-order valence-corrected chi connectivity index (χ3v) is 7.07. The Bertz CT molecular complexity index is 333. The van der Waals surface area contributed by atoms with Gasteiger partial charge in [-0.05, 0) is 66.6 Å². The van der Waals surface area contributed by atoms with Gasteiger partial charge >= 0.3 is 0 Å². The summed E-state index contributed by atoms with van der Waals surface area (Å²) in [5.41, 5.74) is 0.751. The molecule has 0 nitrogen and oxygen atoms in total. The Morgan fingerprint density at radius 1 is 1.14 bits per heavy atom. The van der Waals surface area contributed by atoms with Gasteiger partial charge in [0.2, 0.25) is 0 Å². The fourth-order valence-electron chi connectivity index (χ4n) is 5.68. The molecule has 22 heavy (non-hydrogen) atoms. The molecule has 2 saturated carbocycles. The van der Waals surface area contributed by atoms with Crippen molar-refractivity contribution in [3.05, 3.63) is 0 Å². The largest absolute Gasteiger partial charge is 0.247 e. The molecular weight excluding hydrogens is 271 g/mol. The van der Waals surface area contributed by atoms with Gasteiger partial charge in [-0.1, -0.05) is 61.8 Å². The quantitative estimate of drug-likeness (QED) is 0.514. The summed E-state index contributed by atoms with van der Waals surface area (Å²) in [5, 5.41) is 0. The second-order valence-electron chi connectivity index (χ2n) is 8.88. The van der Waals surface area contributed by atoms with Crippen LogP contribution in [-0.2, 0) is 0 Å². The maximum Gasteiger partial charge on any atom is 0.100 e. The zero-order valence-corrected chi connectivity index (χ0v) is 16.5. The van der Waals surface area contributed by atoms with E-state index in [-0.39, 0.29) is 0 Å². The van der Waals surface area contributed by atoms with Crippen LogP contribution in [0, 0.1) is 34.5 Å². The number of hydrogen-bond donors (Lipinski definition) is 0. The second kappa shape index (κ2) is 7.67. The second-order valence-corrected chi connectivity index (χ2v) is 8.88. The van der Waals surface area contributed by atoms with Gasteiger partial charge < -0.3 is 0 Å². The van der Waals surface area contributed by atoms with Crippen LogP contribution in [0.5, 0.6) is 0 Å². The van der Waals surface area contributed by atoms with E-state index < -0.39 is 6.17 Å². The molecule has 0 heterocycles. The molecule has 2 rings (SSSR count). The first-order valence-electron chi connectivity index (χ1n) is 9.86. The van der Waals surface area contributed by atoms with Crippen LogP contribution in [0.25, 0.3) is 0 Å². The molecule has 3 unspecified atom stereocenters. The Morgan fingerprint density at radius 2 is 1.73 bits per heavy atom. The van der Waals surface area contributed by atoms with E-state index in [1.807, 2.05) is 13.8 Å². The molecule has 5 atom stereocenters. The molecule has 132 valence electrons. The molecule has 0 amide bonds. The Labute approximate surface area is 139 Å². The molecule has 0 bridgehead atoms. The predicted octanol–water partition coefficient (Wildman–Crippen LogP) is 7.28. The van der Waals surface area contributed by atoms with Crippen molar-refractivity contribution < 1.29 is 4.39 Å². The van der Waals surface area contributed by atoms with E-state index in [1.165, 1.54) is 19.3 Å². The maximum absolute atomic E-state index is 13.9. The fourth-order valence-corrected chi connectivity index (χ4v) is 5.68. The molecule has 1 heteroatoms. The Hall–Kier alpha value is -0.0700. The van der Waals surface area contributed by atoms with E-state index >= 15 is 0 Å². The van der Waals surface area contributed by atoms with E-state index in [4.69, 9.17) is 0 Å². The summed E-state index contributed by atoms with van der Waals surface area (Å²) in [7, 11) is 0. The Balaban J connectivity index is 0.00000116. The first kappa shape index (κ1) is 20.0. The number of hydrogen-bond acceptors (Lipinski definition) is 0. The van der Waals surface area contributed by atoms with Crippen molar-refractivity contribution in [2.24, 2.45) is 34.5 Å². The number of rotatable bonds is 3. The summed E-state index contributed by atoms with van der Waals surface area (Å²) in [6, 6.07) is 0. The molecule has 0 aromatic heterocycles. The molecule has 0 N–H and O–H groups in total. The highest BCUT2D eigenvalue weighted by Gasteiger charge is 2.55. The predicted molar refractivity (Wildman–Crippen MR) is 96.8 cm³/mol. The van der Waals surface area contributed by atoms with E-state index in [9.17, 15) is 4.39 Å². The van der Waals surface area contributed by atoms with Crippen LogP contribution in [-0.4, -0.2) is 6.17 Å². The van der Waals surface area contributed by atoms with Gasteiger partial charge in [0.15, 0.2) is 0 Å². The Kier molecular flexibility index (Phi) is 6.96. The summed E-state index contributed by atoms with van der Waals surface area (Å²) in [4.78, 5) is 0. The molecule has 2 aliphatic rings. The summed E-state index contributed by atoms with van der Waals surface area (Å²) >= 11 is 0. The third kappa shape index (κ3) is 3.70. The molecule has 0 saturated heterocycles. The molecule has 2 aliphatic carbocycles. The molecule has 2 fully saturated rings. The Morgan fingerprint density at radius 3 is 2.23 bits per heavy atom. The van der Waals surface area contributed by atoms with Gasteiger partial charge in [-0.15, -0.1) is 0 Å². The van der Waals surface area contributed by atoms with E-state index in [0.717, 1.165) is 37.0 Å². The molecule has 0 aliphatic heterocycles. The first-order chi connectivity index (χ1) is 10.2. The van der Waals surface area contributed by atoms with Crippen LogP contribution < -0.4 is 0 Å². The van der Waals surface area contributed by atoms with E-state index in [1.54, 1.807) is 0 Å². The van der Waals surface area contributed by atoms with Gasteiger partial charge in [-0.25, -0.2) is 4.39 Å². The maximum atomic E-state index is 13.9. The monoisotopic (exact) mass is 312 g/mol. The van der Waals surface area contributed by atoms with Crippen molar-refractivity contribution in [3.8, 4) is 0 Å². The van der Waals surface area contributed by atoms with Crippen LogP contribution in [0.2, 0.25) is 0 Å². The fraction of sp³-hybridized carbons (Fsp3) is 1.00. The SMILES string of the molecule is CC.CCC(C)(C)C1C(C(C)C)CCC2C[C@@H](F)CC[C@@]21C. The van der Waals surface area contributed by atoms with Crippen LogP contribution in [0.4, 0.5) is 4.39 Å². The summed E-state index contributed by atoms with van der Waals surface area (Å²) in [6.07, 6.45) is 6.02. The highest BCUT2D eigenvalue weighted by Crippen LogP contribution is 2.62. The minimum absolute atomic E-state index is 0.370. The number of alkyl halides is 1. The zero-order chi connectivity index (χ0) is 17.1. The lowest BCUT2D eigenvalue weighted by atomic mass is 9.45. The average Bonchev–Trinajstić information content (AvgIpc) is 2.48. The normalized spacial score (nSPS) is 39.0. The molecule has 0 aromatic rings. The van der Waals surface area contributed by atoms with Crippen LogP contribution in [0.15, 0.2) is 0 Å². The molecular formula is C21H41F. The van der Waals surface area contributed by atoms with E-state index in [2.05, 4.69) is 41.5 Å². The first-order valence-corrected chi connectivity index (χ1v) is 9.86. The highest BCUT2D eigenvalue weighted by atomic mass is 19.1. The van der Waals surface area contributed by atoms with E-state index in [0.29, 0.717) is 16.7 Å². The smallest absolute Gasteiger partial charge is 0.100 e. The topological polar surface area (TPSA) is 0 Å². The van der Waals surface area contributed by atoms with Crippen molar-refractivity contribution in [2.75, 3.05) is 0 Å². The van der Waals surface area contributed by atoms with Crippen molar-refractivity contribution in [1.82, 2.24) is 0 Å². The van der Waals surface area contributed by atoms with Crippen molar-refractivity contribution >= 4 is 0 Å². The molecule has 0 aromatic carbocycles. The van der Waals surface area contributed by atoms with Gasteiger partial charge in [0.1, 0.15) is 6.17 Å². The van der Waals surface area contributed by atoms with Gasteiger partial charge in [0, 0.05) is 0 Å². The average molecular weight is 313 g/mol. The van der Waals surface area contributed by atoms with Crippen LogP contribution in [0.1, 0.15) is 93.9 Å². The van der Waals surface area contributed by atoms with Crippen LogP contribution in [0.3, 0.4) is 0 Å². The van der Waals surface area contributed by atoms with Crippen molar-refractivity contribution in [3.63, 3.8) is 0 Å². The lowest BCUT2D eigenvalue weighted by Crippen LogP contribution is -2.53. The van der Waals surface area contributed by atoms with Gasteiger partial charge in [-0.2, -0.15) is 0 Å². The zero-order valence-electron chi connectivity index (χ0n) is 16.5. The standard InChI is InChI=1S/C19H35F.C2H6/c1-7-18(4,5)17-16(13(2)3)9-8-14-12-15(20)10-11-19(14,17)6;1-2/h13-17H,7-12H2,1-6H3;1-2H3/t14?,15-,16?,17?,19-;/m0./s1. The number of fused-ring (bicyclic) bond motifs is 1. The van der Waals surface area contributed by atoms with Gasteiger partial charge in [0.05, 0.1) is 0 Å². The minimum Gasteiger partial charge on any atom is -0.247 e. The number of halogens is 1. The van der Waals surface area contributed by atoms with Gasteiger partial charge in [0.25, 0.3) is 0 Å². The lowest BCUT2D eigenvalue weighted by molar-refractivity contribution is -0.117. The molecule has 0 spiro atoms.